The Labute approximate surface area is 129 Å². The van der Waals surface area contributed by atoms with E-state index in [0.717, 1.165) is 24.8 Å². The van der Waals surface area contributed by atoms with Crippen molar-refractivity contribution in [2.24, 2.45) is 5.73 Å². The topological polar surface area (TPSA) is 85.2 Å². The second-order valence-corrected chi connectivity index (χ2v) is 5.83. The lowest BCUT2D eigenvalue weighted by Gasteiger charge is -2.34. The summed E-state index contributed by atoms with van der Waals surface area (Å²) in [6.45, 7) is 2.59. The van der Waals surface area contributed by atoms with Crippen molar-refractivity contribution in [3.63, 3.8) is 0 Å². The van der Waals surface area contributed by atoms with Crippen molar-refractivity contribution >= 4 is 5.91 Å². The molecule has 1 aliphatic rings. The molecule has 116 valence electrons. The summed E-state index contributed by atoms with van der Waals surface area (Å²) in [6.07, 6.45) is 2.85. The molecule has 1 aromatic heterocycles. The van der Waals surface area contributed by atoms with Gasteiger partial charge in [0.1, 0.15) is 0 Å². The van der Waals surface area contributed by atoms with Gasteiger partial charge in [0.25, 0.3) is 11.8 Å². The number of hydrogen-bond donors (Lipinski definition) is 1. The van der Waals surface area contributed by atoms with E-state index in [1.807, 2.05) is 19.1 Å². The van der Waals surface area contributed by atoms with E-state index in [4.69, 9.17) is 10.3 Å². The average Bonchev–Trinajstić information content (AvgIpc) is 3.01. The first-order valence-corrected chi connectivity index (χ1v) is 7.52. The minimum absolute atomic E-state index is 0.0293. The summed E-state index contributed by atoms with van der Waals surface area (Å²) in [4.78, 5) is 18.3. The fraction of sp³-hybridized carbons (Fsp3) is 0.438. The Morgan fingerprint density at radius 1 is 1.45 bits per heavy atom. The molecule has 1 aliphatic carbocycles. The molecular weight excluding hydrogens is 280 g/mol. The standard InChI is InChI=1S/C16H20N4O2/c1-3-20(2)14(21)12-7-4-6-11(10-12)13-18-15(19-22-13)16(17)8-5-9-16/h4,6-7,10H,3,5,8-9,17H2,1-2H3. The highest BCUT2D eigenvalue weighted by atomic mass is 16.5. The molecule has 0 spiro atoms. The molecule has 1 aromatic carbocycles. The van der Waals surface area contributed by atoms with E-state index in [9.17, 15) is 4.79 Å². The van der Waals surface area contributed by atoms with Gasteiger partial charge in [-0.15, -0.1) is 0 Å². The molecule has 2 aromatic rings. The summed E-state index contributed by atoms with van der Waals surface area (Å²) in [5.41, 5.74) is 7.10. The highest BCUT2D eigenvalue weighted by Gasteiger charge is 2.39. The van der Waals surface area contributed by atoms with Crippen LogP contribution in [0.1, 0.15) is 42.4 Å². The lowest BCUT2D eigenvalue weighted by molar-refractivity contribution is 0.0802. The molecule has 1 heterocycles. The summed E-state index contributed by atoms with van der Waals surface area (Å²) in [7, 11) is 1.77. The number of amides is 1. The Balaban J connectivity index is 1.88. The molecule has 0 aliphatic heterocycles. The second-order valence-electron chi connectivity index (χ2n) is 5.83. The third-order valence-electron chi connectivity index (χ3n) is 4.29. The van der Waals surface area contributed by atoms with Crippen LogP contribution in [-0.4, -0.2) is 34.5 Å². The number of nitrogens with zero attached hydrogens (tertiary/aromatic N) is 3. The molecule has 0 unspecified atom stereocenters. The molecule has 1 amide bonds. The van der Waals surface area contributed by atoms with Crippen LogP contribution in [0.4, 0.5) is 0 Å². The average molecular weight is 300 g/mol. The Bertz CT molecular complexity index is 691. The van der Waals surface area contributed by atoms with Gasteiger partial charge in [-0.25, -0.2) is 0 Å². The number of rotatable bonds is 4. The van der Waals surface area contributed by atoms with Gasteiger partial charge >= 0.3 is 0 Å². The highest BCUT2D eigenvalue weighted by Crippen LogP contribution is 2.37. The number of carbonyl (C=O) groups is 1. The number of carbonyl (C=O) groups excluding carboxylic acids is 1. The second kappa shape index (κ2) is 5.53. The maximum atomic E-state index is 12.2. The van der Waals surface area contributed by atoms with E-state index in [2.05, 4.69) is 10.1 Å². The van der Waals surface area contributed by atoms with Crippen LogP contribution in [0, 0.1) is 0 Å². The predicted molar refractivity (Wildman–Crippen MR) is 82.1 cm³/mol. The van der Waals surface area contributed by atoms with Crippen LogP contribution in [0.25, 0.3) is 11.5 Å². The zero-order chi connectivity index (χ0) is 15.7. The predicted octanol–water partition coefficient (Wildman–Crippen LogP) is 2.17. The van der Waals surface area contributed by atoms with Gasteiger partial charge in [0.2, 0.25) is 0 Å². The molecule has 0 radical (unpaired) electrons. The summed E-state index contributed by atoms with van der Waals surface area (Å²) >= 11 is 0. The zero-order valence-corrected chi connectivity index (χ0v) is 12.9. The third-order valence-corrected chi connectivity index (χ3v) is 4.29. The summed E-state index contributed by atoms with van der Waals surface area (Å²) in [5.74, 6) is 0.926. The first-order valence-electron chi connectivity index (χ1n) is 7.52. The van der Waals surface area contributed by atoms with Gasteiger partial charge in [-0.1, -0.05) is 11.2 Å². The molecule has 1 saturated carbocycles. The van der Waals surface area contributed by atoms with Gasteiger partial charge < -0.3 is 15.2 Å². The molecule has 1 fully saturated rings. The molecule has 6 nitrogen and oxygen atoms in total. The van der Waals surface area contributed by atoms with Crippen molar-refractivity contribution in [1.82, 2.24) is 15.0 Å². The van der Waals surface area contributed by atoms with Gasteiger partial charge in [0.05, 0.1) is 5.54 Å². The number of aromatic nitrogens is 2. The lowest BCUT2D eigenvalue weighted by Crippen LogP contribution is -2.44. The molecule has 0 saturated heterocycles. The molecule has 3 rings (SSSR count). The number of benzene rings is 1. The minimum atomic E-state index is -0.447. The lowest BCUT2D eigenvalue weighted by atomic mass is 9.77. The normalized spacial score (nSPS) is 16.1. The van der Waals surface area contributed by atoms with Gasteiger partial charge in [-0.05, 0) is 44.4 Å². The quantitative estimate of drug-likeness (QED) is 0.935. The number of nitrogens with two attached hydrogens (primary N) is 1. The first-order chi connectivity index (χ1) is 10.5. The molecule has 0 atom stereocenters. The summed E-state index contributed by atoms with van der Waals surface area (Å²) in [6, 6.07) is 7.23. The van der Waals surface area contributed by atoms with E-state index in [-0.39, 0.29) is 5.91 Å². The monoisotopic (exact) mass is 300 g/mol. The van der Waals surface area contributed by atoms with Crippen molar-refractivity contribution in [3.8, 4) is 11.5 Å². The van der Waals surface area contributed by atoms with E-state index in [0.29, 0.717) is 23.8 Å². The molecule has 6 heteroatoms. The van der Waals surface area contributed by atoms with Gasteiger partial charge in [-0.2, -0.15) is 4.98 Å². The Morgan fingerprint density at radius 2 is 2.23 bits per heavy atom. The maximum absolute atomic E-state index is 12.2. The largest absolute Gasteiger partial charge is 0.342 e. The van der Waals surface area contributed by atoms with Crippen LogP contribution < -0.4 is 5.73 Å². The van der Waals surface area contributed by atoms with Crippen LogP contribution in [0.2, 0.25) is 0 Å². The summed E-state index contributed by atoms with van der Waals surface area (Å²) < 4.78 is 5.33. The van der Waals surface area contributed by atoms with Crippen molar-refractivity contribution in [1.29, 1.82) is 0 Å². The molecular formula is C16H20N4O2. The first kappa shape index (κ1) is 14.7. The van der Waals surface area contributed by atoms with Crippen molar-refractivity contribution in [2.75, 3.05) is 13.6 Å². The fourth-order valence-corrected chi connectivity index (χ4v) is 2.47. The van der Waals surface area contributed by atoms with Crippen LogP contribution in [0.3, 0.4) is 0 Å². The van der Waals surface area contributed by atoms with E-state index < -0.39 is 5.54 Å². The zero-order valence-electron chi connectivity index (χ0n) is 12.9. The Morgan fingerprint density at radius 3 is 2.86 bits per heavy atom. The van der Waals surface area contributed by atoms with Crippen molar-refractivity contribution < 1.29 is 9.32 Å². The van der Waals surface area contributed by atoms with Crippen molar-refractivity contribution in [3.05, 3.63) is 35.7 Å². The van der Waals surface area contributed by atoms with Crippen LogP contribution >= 0.6 is 0 Å². The third kappa shape index (κ3) is 2.50. The number of hydrogen-bond acceptors (Lipinski definition) is 5. The SMILES string of the molecule is CCN(C)C(=O)c1cccc(-c2nc(C3(N)CCC3)no2)c1. The fourth-order valence-electron chi connectivity index (χ4n) is 2.47. The minimum Gasteiger partial charge on any atom is -0.342 e. The van der Waals surface area contributed by atoms with Gasteiger partial charge in [-0.3, -0.25) is 4.79 Å². The van der Waals surface area contributed by atoms with Gasteiger partial charge in [0.15, 0.2) is 5.82 Å². The van der Waals surface area contributed by atoms with Crippen LogP contribution in [-0.2, 0) is 5.54 Å². The molecule has 2 N–H and O–H groups in total. The van der Waals surface area contributed by atoms with E-state index >= 15 is 0 Å². The Hall–Kier alpha value is -2.21. The molecule has 0 bridgehead atoms. The maximum Gasteiger partial charge on any atom is 0.258 e. The van der Waals surface area contributed by atoms with E-state index in [1.165, 1.54) is 0 Å². The van der Waals surface area contributed by atoms with Crippen LogP contribution in [0.15, 0.2) is 28.8 Å². The van der Waals surface area contributed by atoms with E-state index in [1.54, 1.807) is 24.1 Å². The highest BCUT2D eigenvalue weighted by molar-refractivity contribution is 5.95. The van der Waals surface area contributed by atoms with Gasteiger partial charge in [0, 0.05) is 24.7 Å². The molecule has 22 heavy (non-hydrogen) atoms. The Kier molecular flexibility index (Phi) is 3.70. The van der Waals surface area contributed by atoms with Crippen molar-refractivity contribution in [2.45, 2.75) is 31.7 Å². The van der Waals surface area contributed by atoms with Crippen LogP contribution in [0.5, 0.6) is 0 Å². The summed E-state index contributed by atoms with van der Waals surface area (Å²) in [5, 5.41) is 4.01. The smallest absolute Gasteiger partial charge is 0.258 e.